The van der Waals surface area contributed by atoms with Gasteiger partial charge in [0.05, 0.1) is 10.6 Å². The van der Waals surface area contributed by atoms with Gasteiger partial charge >= 0.3 is 0 Å². The molecule has 1 saturated heterocycles. The Kier molecular flexibility index (Phi) is 8.03. The van der Waals surface area contributed by atoms with Gasteiger partial charge in [-0.2, -0.15) is 11.8 Å². The van der Waals surface area contributed by atoms with Gasteiger partial charge in [0.25, 0.3) is 5.91 Å². The van der Waals surface area contributed by atoms with Crippen LogP contribution in [0, 0.1) is 0 Å². The minimum atomic E-state index is -0.276. The maximum absolute atomic E-state index is 12.0. The van der Waals surface area contributed by atoms with E-state index in [4.69, 9.17) is 11.6 Å². The molecule has 2 amide bonds. The van der Waals surface area contributed by atoms with Crippen molar-refractivity contribution in [3.63, 3.8) is 0 Å². The normalized spacial score (nSPS) is 17.3. The number of hydrogen-bond acceptors (Lipinski definition) is 4. The lowest BCUT2D eigenvalue weighted by molar-refractivity contribution is -0.116. The third-order valence-corrected chi connectivity index (χ3v) is 4.61. The van der Waals surface area contributed by atoms with Crippen LogP contribution in [0.25, 0.3) is 0 Å². The van der Waals surface area contributed by atoms with Crippen LogP contribution in [-0.4, -0.2) is 43.0 Å². The maximum atomic E-state index is 12.0. The maximum Gasteiger partial charge on any atom is 0.252 e. The summed E-state index contributed by atoms with van der Waals surface area (Å²) in [6.07, 6.45) is 0.422. The monoisotopic (exact) mass is 363 g/mol. The summed E-state index contributed by atoms with van der Waals surface area (Å²) in [6, 6.07) is 5.09. The molecule has 1 aliphatic heterocycles. The van der Waals surface area contributed by atoms with Gasteiger partial charge in [-0.25, -0.2) is 0 Å². The average Bonchev–Trinajstić information content (AvgIpc) is 2.49. The molecule has 2 rings (SSSR count). The minimum absolute atomic E-state index is 0. The van der Waals surface area contributed by atoms with Gasteiger partial charge < -0.3 is 16.0 Å². The van der Waals surface area contributed by atoms with Crippen molar-refractivity contribution in [2.45, 2.75) is 12.5 Å². The number of hydrogen-bond donors (Lipinski definition) is 3. The molecule has 122 valence electrons. The first kappa shape index (κ1) is 19.1. The molecule has 1 fully saturated rings. The molecule has 1 aliphatic rings. The number of carbonyl (C=O) groups excluding carboxylic acids is 2. The lowest BCUT2D eigenvalue weighted by Gasteiger charge is -2.22. The van der Waals surface area contributed by atoms with Crippen molar-refractivity contribution in [2.75, 3.05) is 30.4 Å². The van der Waals surface area contributed by atoms with Crippen molar-refractivity contribution in [1.29, 1.82) is 0 Å². The molecular weight excluding hydrogens is 345 g/mol. The topological polar surface area (TPSA) is 70.2 Å². The summed E-state index contributed by atoms with van der Waals surface area (Å²) in [5.41, 5.74) is 0.926. The highest BCUT2D eigenvalue weighted by molar-refractivity contribution is 7.99. The molecular formula is C14H19Cl2N3O2S. The van der Waals surface area contributed by atoms with E-state index in [1.165, 1.54) is 7.05 Å². The summed E-state index contributed by atoms with van der Waals surface area (Å²) in [7, 11) is 1.54. The molecule has 0 spiro atoms. The van der Waals surface area contributed by atoms with Crippen LogP contribution in [0.15, 0.2) is 18.2 Å². The van der Waals surface area contributed by atoms with Crippen LogP contribution in [-0.2, 0) is 4.79 Å². The molecule has 1 aromatic carbocycles. The molecule has 1 aromatic rings. The number of thioether (sulfide) groups is 1. The van der Waals surface area contributed by atoms with E-state index in [0.717, 1.165) is 18.1 Å². The van der Waals surface area contributed by atoms with Crippen molar-refractivity contribution < 1.29 is 9.59 Å². The number of anilines is 1. The Morgan fingerprint density at radius 3 is 2.86 bits per heavy atom. The molecule has 0 bridgehead atoms. The molecule has 1 unspecified atom stereocenters. The smallest absolute Gasteiger partial charge is 0.252 e. The number of rotatable bonds is 4. The second-order valence-corrected chi connectivity index (χ2v) is 6.31. The molecule has 8 heteroatoms. The fraction of sp³-hybridized carbons (Fsp3) is 0.429. The standard InChI is InChI=1S/C14H18ClN3O2S.ClH/c1-16-14(20)11-6-9(2-3-12(11)15)18-13(19)7-10-8-21-5-4-17-10;/h2-3,6,10,17H,4-5,7-8H2,1H3,(H,16,20)(H,18,19);1H. The fourth-order valence-electron chi connectivity index (χ4n) is 2.10. The minimum Gasteiger partial charge on any atom is -0.355 e. The second-order valence-electron chi connectivity index (χ2n) is 4.75. The van der Waals surface area contributed by atoms with Gasteiger partial charge in [0.1, 0.15) is 0 Å². The first-order valence-corrected chi connectivity index (χ1v) is 8.26. The summed E-state index contributed by atoms with van der Waals surface area (Å²) in [6.45, 7) is 0.935. The van der Waals surface area contributed by atoms with Crippen LogP contribution in [0.1, 0.15) is 16.8 Å². The zero-order chi connectivity index (χ0) is 15.2. The zero-order valence-corrected chi connectivity index (χ0v) is 14.5. The highest BCUT2D eigenvalue weighted by Gasteiger charge is 2.17. The van der Waals surface area contributed by atoms with E-state index < -0.39 is 0 Å². The van der Waals surface area contributed by atoms with Crippen molar-refractivity contribution >= 4 is 53.3 Å². The summed E-state index contributed by atoms with van der Waals surface area (Å²) in [4.78, 5) is 23.7. The van der Waals surface area contributed by atoms with Crippen molar-refractivity contribution in [2.24, 2.45) is 0 Å². The van der Waals surface area contributed by atoms with E-state index in [1.807, 2.05) is 11.8 Å². The van der Waals surface area contributed by atoms with E-state index in [9.17, 15) is 9.59 Å². The number of carbonyl (C=O) groups is 2. The van der Waals surface area contributed by atoms with E-state index in [0.29, 0.717) is 22.7 Å². The highest BCUT2D eigenvalue weighted by atomic mass is 35.5. The van der Waals surface area contributed by atoms with Crippen molar-refractivity contribution in [1.82, 2.24) is 10.6 Å². The van der Waals surface area contributed by atoms with Gasteiger partial charge in [-0.05, 0) is 18.2 Å². The lowest BCUT2D eigenvalue weighted by atomic mass is 10.1. The Bertz CT molecular complexity index is 537. The van der Waals surface area contributed by atoms with Gasteiger partial charge in [-0.1, -0.05) is 11.6 Å². The van der Waals surface area contributed by atoms with Gasteiger partial charge in [0.2, 0.25) is 5.91 Å². The van der Waals surface area contributed by atoms with Crippen LogP contribution in [0.4, 0.5) is 5.69 Å². The highest BCUT2D eigenvalue weighted by Crippen LogP contribution is 2.21. The van der Waals surface area contributed by atoms with Crippen molar-refractivity contribution in [3.05, 3.63) is 28.8 Å². The Labute approximate surface area is 145 Å². The summed E-state index contributed by atoms with van der Waals surface area (Å²) >= 11 is 7.83. The second kappa shape index (κ2) is 9.25. The molecule has 3 N–H and O–H groups in total. The molecule has 0 radical (unpaired) electrons. The van der Waals surface area contributed by atoms with Crippen LogP contribution >= 0.6 is 35.8 Å². The fourth-order valence-corrected chi connectivity index (χ4v) is 3.25. The third kappa shape index (κ3) is 5.35. The summed E-state index contributed by atoms with van der Waals surface area (Å²) < 4.78 is 0. The van der Waals surface area contributed by atoms with E-state index in [-0.39, 0.29) is 30.3 Å². The predicted molar refractivity (Wildman–Crippen MR) is 94.5 cm³/mol. The molecule has 0 saturated carbocycles. The summed E-state index contributed by atoms with van der Waals surface area (Å²) in [5, 5.41) is 9.00. The Morgan fingerprint density at radius 2 is 2.23 bits per heavy atom. The third-order valence-electron chi connectivity index (χ3n) is 3.15. The average molecular weight is 364 g/mol. The number of amides is 2. The Morgan fingerprint density at radius 1 is 1.45 bits per heavy atom. The molecule has 1 heterocycles. The number of halogens is 2. The van der Waals surface area contributed by atoms with Crippen molar-refractivity contribution in [3.8, 4) is 0 Å². The predicted octanol–water partition coefficient (Wildman–Crippen LogP) is 2.15. The van der Waals surface area contributed by atoms with Gasteiger partial charge in [0, 0.05) is 43.2 Å². The number of benzene rings is 1. The SMILES string of the molecule is CNC(=O)c1cc(NC(=O)CC2CSCCN2)ccc1Cl.Cl. The Hall–Kier alpha value is -0.950. The first-order chi connectivity index (χ1) is 10.1. The molecule has 0 aliphatic carbocycles. The largest absolute Gasteiger partial charge is 0.355 e. The molecule has 1 atom stereocenters. The van der Waals surface area contributed by atoms with Crippen LogP contribution in [0.3, 0.4) is 0 Å². The zero-order valence-electron chi connectivity index (χ0n) is 12.1. The number of nitrogens with one attached hydrogen (secondary N) is 3. The van der Waals surface area contributed by atoms with E-state index in [2.05, 4.69) is 16.0 Å². The molecule has 22 heavy (non-hydrogen) atoms. The van der Waals surface area contributed by atoms with E-state index >= 15 is 0 Å². The van der Waals surface area contributed by atoms with Gasteiger partial charge in [-0.3, -0.25) is 9.59 Å². The van der Waals surface area contributed by atoms with E-state index in [1.54, 1.807) is 18.2 Å². The quantitative estimate of drug-likeness (QED) is 0.766. The van der Waals surface area contributed by atoms with Crippen LogP contribution in [0.5, 0.6) is 0 Å². The Balaban J connectivity index is 0.00000242. The summed E-state index contributed by atoms with van der Waals surface area (Å²) in [5.74, 6) is 1.68. The van der Waals surface area contributed by atoms with Gasteiger partial charge in [0.15, 0.2) is 0 Å². The first-order valence-electron chi connectivity index (χ1n) is 6.72. The molecule has 5 nitrogen and oxygen atoms in total. The molecule has 0 aromatic heterocycles. The van der Waals surface area contributed by atoms with Crippen LogP contribution < -0.4 is 16.0 Å². The van der Waals surface area contributed by atoms with Gasteiger partial charge in [-0.15, -0.1) is 12.4 Å². The lowest BCUT2D eigenvalue weighted by Crippen LogP contribution is -2.39. The van der Waals surface area contributed by atoms with Crippen LogP contribution in [0.2, 0.25) is 5.02 Å².